The van der Waals surface area contributed by atoms with E-state index in [1.54, 1.807) is 11.3 Å². The Morgan fingerprint density at radius 3 is 2.26 bits per heavy atom. The standard InChI is InChI=1S/C24H32N4O2S/c1-19-6-8-20(9-7-19)24(21-5-4-16-31-21)25-17-22(29)28-14-12-26(13-15-28)18-23(30)27-10-2-3-11-27/h4-9,16,24-25H,2-3,10-15,17-18H2,1H3/t24-/m0/s1. The molecule has 2 fully saturated rings. The van der Waals surface area contributed by atoms with Crippen molar-refractivity contribution in [2.45, 2.75) is 25.8 Å². The lowest BCUT2D eigenvalue weighted by molar-refractivity contribution is -0.134. The molecule has 2 saturated heterocycles. The molecule has 0 radical (unpaired) electrons. The summed E-state index contributed by atoms with van der Waals surface area (Å²) in [7, 11) is 0. The smallest absolute Gasteiger partial charge is 0.236 e. The number of nitrogens with zero attached hydrogens (tertiary/aromatic N) is 3. The van der Waals surface area contributed by atoms with Crippen LogP contribution in [0, 0.1) is 6.92 Å². The van der Waals surface area contributed by atoms with Crippen LogP contribution in [0.4, 0.5) is 0 Å². The molecular formula is C24H32N4O2S. The van der Waals surface area contributed by atoms with E-state index in [0.29, 0.717) is 26.2 Å². The van der Waals surface area contributed by atoms with Gasteiger partial charge >= 0.3 is 0 Å². The fourth-order valence-electron chi connectivity index (χ4n) is 4.31. The molecule has 7 heteroatoms. The first-order valence-corrected chi connectivity index (χ1v) is 12.1. The van der Waals surface area contributed by atoms with E-state index < -0.39 is 0 Å². The molecule has 4 rings (SSSR count). The summed E-state index contributed by atoms with van der Waals surface area (Å²) in [4.78, 5) is 32.5. The second-order valence-corrected chi connectivity index (χ2v) is 9.46. The van der Waals surface area contributed by atoms with E-state index in [-0.39, 0.29) is 17.9 Å². The molecule has 1 aromatic carbocycles. The lowest BCUT2D eigenvalue weighted by atomic mass is 10.0. The Morgan fingerprint density at radius 1 is 0.935 bits per heavy atom. The number of carbonyl (C=O) groups is 2. The van der Waals surface area contributed by atoms with Crippen molar-refractivity contribution in [3.63, 3.8) is 0 Å². The fraction of sp³-hybridized carbons (Fsp3) is 0.500. The normalized spacial score (nSPS) is 18.4. The Bertz CT molecular complexity index is 854. The highest BCUT2D eigenvalue weighted by atomic mass is 32.1. The molecule has 0 unspecified atom stereocenters. The summed E-state index contributed by atoms with van der Waals surface area (Å²) in [6, 6.07) is 12.7. The third-order valence-corrected chi connectivity index (χ3v) is 7.18. The molecule has 1 aromatic heterocycles. The monoisotopic (exact) mass is 440 g/mol. The van der Waals surface area contributed by atoms with Gasteiger partial charge in [0.05, 0.1) is 19.1 Å². The van der Waals surface area contributed by atoms with Crippen LogP contribution in [-0.4, -0.2) is 78.9 Å². The topological polar surface area (TPSA) is 55.9 Å². The van der Waals surface area contributed by atoms with E-state index in [4.69, 9.17) is 0 Å². The van der Waals surface area contributed by atoms with Crippen LogP contribution in [0.1, 0.15) is 34.9 Å². The Hall–Kier alpha value is -2.22. The third kappa shape index (κ3) is 5.73. The van der Waals surface area contributed by atoms with Gasteiger partial charge in [-0.2, -0.15) is 0 Å². The number of aryl methyl sites for hydroxylation is 1. The summed E-state index contributed by atoms with van der Waals surface area (Å²) in [5, 5.41) is 5.55. The first-order valence-electron chi connectivity index (χ1n) is 11.2. The number of hydrogen-bond acceptors (Lipinski definition) is 5. The molecule has 1 N–H and O–H groups in total. The van der Waals surface area contributed by atoms with E-state index in [1.165, 1.54) is 16.0 Å². The second kappa shape index (κ2) is 10.4. The molecule has 2 amide bonds. The van der Waals surface area contributed by atoms with Crippen LogP contribution in [0.15, 0.2) is 41.8 Å². The van der Waals surface area contributed by atoms with Gasteiger partial charge in [-0.1, -0.05) is 35.9 Å². The lowest BCUT2D eigenvalue weighted by Gasteiger charge is -2.35. The first-order chi connectivity index (χ1) is 15.1. The van der Waals surface area contributed by atoms with Crippen molar-refractivity contribution >= 4 is 23.2 Å². The SMILES string of the molecule is Cc1ccc([C@H](NCC(=O)N2CCN(CC(=O)N3CCCC3)CC2)c2cccs2)cc1. The molecule has 2 aliphatic heterocycles. The van der Waals surface area contributed by atoms with E-state index >= 15 is 0 Å². The van der Waals surface area contributed by atoms with Gasteiger partial charge in [-0.25, -0.2) is 0 Å². The molecule has 2 aliphatic rings. The molecule has 166 valence electrons. The van der Waals surface area contributed by atoms with Crippen LogP contribution >= 0.6 is 11.3 Å². The number of hydrogen-bond donors (Lipinski definition) is 1. The number of rotatable bonds is 7. The number of piperazine rings is 1. The van der Waals surface area contributed by atoms with Gasteiger partial charge in [0.15, 0.2) is 0 Å². The highest BCUT2D eigenvalue weighted by molar-refractivity contribution is 7.10. The largest absolute Gasteiger partial charge is 0.342 e. The molecule has 2 aromatic rings. The van der Waals surface area contributed by atoms with Gasteiger partial charge in [-0.15, -0.1) is 11.3 Å². The van der Waals surface area contributed by atoms with Crippen LogP contribution in [0.5, 0.6) is 0 Å². The van der Waals surface area contributed by atoms with Crippen LogP contribution in [0.3, 0.4) is 0 Å². The van der Waals surface area contributed by atoms with Gasteiger partial charge in [-0.05, 0) is 36.8 Å². The van der Waals surface area contributed by atoms with Crippen molar-refractivity contribution in [1.82, 2.24) is 20.0 Å². The van der Waals surface area contributed by atoms with Crippen LogP contribution in [0.2, 0.25) is 0 Å². The third-order valence-electron chi connectivity index (χ3n) is 6.24. The summed E-state index contributed by atoms with van der Waals surface area (Å²) in [6.45, 7) is 7.56. The van der Waals surface area contributed by atoms with Crippen molar-refractivity contribution < 1.29 is 9.59 Å². The Morgan fingerprint density at radius 2 is 1.61 bits per heavy atom. The van der Waals surface area contributed by atoms with E-state index in [0.717, 1.165) is 39.0 Å². The predicted molar refractivity (Wildman–Crippen MR) is 124 cm³/mol. The number of benzene rings is 1. The molecular weight excluding hydrogens is 408 g/mol. The summed E-state index contributed by atoms with van der Waals surface area (Å²) < 4.78 is 0. The predicted octanol–water partition coefficient (Wildman–Crippen LogP) is 2.50. The maximum atomic E-state index is 12.9. The molecule has 3 heterocycles. The molecule has 0 bridgehead atoms. The van der Waals surface area contributed by atoms with E-state index in [2.05, 4.69) is 52.9 Å². The molecule has 0 saturated carbocycles. The summed E-state index contributed by atoms with van der Waals surface area (Å²) >= 11 is 1.70. The van der Waals surface area contributed by atoms with Crippen LogP contribution in [-0.2, 0) is 9.59 Å². The van der Waals surface area contributed by atoms with Crippen molar-refractivity contribution in [3.8, 4) is 0 Å². The zero-order valence-corrected chi connectivity index (χ0v) is 19.1. The van der Waals surface area contributed by atoms with Crippen molar-refractivity contribution in [1.29, 1.82) is 0 Å². The van der Waals surface area contributed by atoms with Gasteiger partial charge in [0, 0.05) is 44.1 Å². The summed E-state index contributed by atoms with van der Waals surface area (Å²) in [5.41, 5.74) is 2.40. The number of carbonyl (C=O) groups excluding carboxylic acids is 2. The van der Waals surface area contributed by atoms with Gasteiger partial charge in [-0.3, -0.25) is 19.8 Å². The van der Waals surface area contributed by atoms with Gasteiger partial charge in [0.1, 0.15) is 0 Å². The Balaban J connectivity index is 1.28. The minimum Gasteiger partial charge on any atom is -0.342 e. The number of nitrogens with one attached hydrogen (secondary N) is 1. The molecule has 1 atom stereocenters. The fourth-order valence-corrected chi connectivity index (χ4v) is 5.14. The van der Waals surface area contributed by atoms with Crippen molar-refractivity contribution in [3.05, 3.63) is 57.8 Å². The minimum absolute atomic E-state index is 0.0175. The van der Waals surface area contributed by atoms with E-state index in [9.17, 15) is 9.59 Å². The van der Waals surface area contributed by atoms with Gasteiger partial charge in [0.25, 0.3) is 0 Å². The molecule has 0 aliphatic carbocycles. The zero-order chi connectivity index (χ0) is 21.6. The molecule has 6 nitrogen and oxygen atoms in total. The molecule has 0 spiro atoms. The highest BCUT2D eigenvalue weighted by Gasteiger charge is 2.26. The van der Waals surface area contributed by atoms with Crippen LogP contribution < -0.4 is 5.32 Å². The number of thiophene rings is 1. The Labute approximate surface area is 188 Å². The first kappa shape index (κ1) is 22.0. The van der Waals surface area contributed by atoms with Gasteiger partial charge < -0.3 is 9.80 Å². The number of amides is 2. The Kier molecular flexibility index (Phi) is 7.37. The lowest BCUT2D eigenvalue weighted by Crippen LogP contribution is -2.53. The van der Waals surface area contributed by atoms with Crippen molar-refractivity contribution in [2.24, 2.45) is 0 Å². The van der Waals surface area contributed by atoms with Crippen LogP contribution in [0.25, 0.3) is 0 Å². The van der Waals surface area contributed by atoms with Gasteiger partial charge in [0.2, 0.25) is 11.8 Å². The maximum absolute atomic E-state index is 12.9. The molecule has 31 heavy (non-hydrogen) atoms. The van der Waals surface area contributed by atoms with E-state index in [1.807, 2.05) is 15.9 Å². The quantitative estimate of drug-likeness (QED) is 0.719. The summed E-state index contributed by atoms with van der Waals surface area (Å²) in [6.07, 6.45) is 2.24. The highest BCUT2D eigenvalue weighted by Crippen LogP contribution is 2.26. The zero-order valence-electron chi connectivity index (χ0n) is 18.3. The average Bonchev–Trinajstić information content (AvgIpc) is 3.50. The van der Waals surface area contributed by atoms with Crippen molar-refractivity contribution in [2.75, 3.05) is 52.4 Å². The maximum Gasteiger partial charge on any atom is 0.236 e. The summed E-state index contributed by atoms with van der Waals surface area (Å²) in [5.74, 6) is 0.356. The second-order valence-electron chi connectivity index (χ2n) is 8.48. The minimum atomic E-state index is 0.0175. The average molecular weight is 441 g/mol. The number of likely N-dealkylation sites (tertiary alicyclic amines) is 1.